The smallest absolute Gasteiger partial charge is 0.265 e. The van der Waals surface area contributed by atoms with Crippen molar-refractivity contribution in [2.24, 2.45) is 0 Å². The molecule has 5 heteroatoms. The standard InChI is InChI=1S/C13H17NO4/c1-8(15)7-14-13(16)12-9(2)17-10-5-3-4-6-11(10)18-12/h3-6,8-9,12,15H,7H2,1-2H3,(H,14,16)/t8-,9?,12?/m1/s1. The van der Waals surface area contributed by atoms with Gasteiger partial charge >= 0.3 is 0 Å². The summed E-state index contributed by atoms with van der Waals surface area (Å²) in [6, 6.07) is 7.23. The highest BCUT2D eigenvalue weighted by atomic mass is 16.6. The average molecular weight is 251 g/mol. The number of carbonyl (C=O) groups excluding carboxylic acids is 1. The van der Waals surface area contributed by atoms with Crippen LogP contribution < -0.4 is 14.8 Å². The summed E-state index contributed by atoms with van der Waals surface area (Å²) < 4.78 is 11.2. The fourth-order valence-corrected chi connectivity index (χ4v) is 1.76. The van der Waals surface area contributed by atoms with Gasteiger partial charge in [0.05, 0.1) is 6.10 Å². The van der Waals surface area contributed by atoms with Crippen LogP contribution in [-0.2, 0) is 4.79 Å². The molecular formula is C13H17NO4. The fourth-order valence-electron chi connectivity index (χ4n) is 1.76. The third-order valence-electron chi connectivity index (χ3n) is 2.67. The number of aliphatic hydroxyl groups excluding tert-OH is 1. The van der Waals surface area contributed by atoms with Gasteiger partial charge in [0.25, 0.3) is 5.91 Å². The van der Waals surface area contributed by atoms with Crippen LogP contribution in [0.2, 0.25) is 0 Å². The molecule has 1 aromatic rings. The van der Waals surface area contributed by atoms with Crippen molar-refractivity contribution in [2.45, 2.75) is 32.2 Å². The van der Waals surface area contributed by atoms with Crippen molar-refractivity contribution < 1.29 is 19.4 Å². The number of para-hydroxylation sites is 2. The highest BCUT2D eigenvalue weighted by Crippen LogP contribution is 2.33. The molecule has 0 bridgehead atoms. The van der Waals surface area contributed by atoms with Crippen LogP contribution >= 0.6 is 0 Å². The van der Waals surface area contributed by atoms with E-state index >= 15 is 0 Å². The van der Waals surface area contributed by atoms with Crippen LogP contribution in [0.4, 0.5) is 0 Å². The number of hydrogen-bond donors (Lipinski definition) is 2. The van der Waals surface area contributed by atoms with Crippen LogP contribution in [0.5, 0.6) is 11.5 Å². The highest BCUT2D eigenvalue weighted by molar-refractivity contribution is 5.82. The van der Waals surface area contributed by atoms with Gasteiger partial charge in [0, 0.05) is 6.54 Å². The van der Waals surface area contributed by atoms with Crippen LogP contribution in [0.15, 0.2) is 24.3 Å². The van der Waals surface area contributed by atoms with Gasteiger partial charge in [0.2, 0.25) is 6.10 Å². The predicted octanol–water partition coefficient (Wildman–Crippen LogP) is 0.712. The Balaban J connectivity index is 2.05. The lowest BCUT2D eigenvalue weighted by Crippen LogP contribution is -2.50. The third kappa shape index (κ3) is 2.73. The van der Waals surface area contributed by atoms with Crippen LogP contribution in [0.1, 0.15) is 13.8 Å². The number of rotatable bonds is 3. The topological polar surface area (TPSA) is 67.8 Å². The Morgan fingerprint density at radius 2 is 2.00 bits per heavy atom. The summed E-state index contributed by atoms with van der Waals surface area (Å²) >= 11 is 0. The Hall–Kier alpha value is -1.75. The number of amides is 1. The molecule has 2 rings (SSSR count). The lowest BCUT2D eigenvalue weighted by molar-refractivity contribution is -0.133. The van der Waals surface area contributed by atoms with Gasteiger partial charge < -0.3 is 19.9 Å². The van der Waals surface area contributed by atoms with Gasteiger partial charge in [-0.3, -0.25) is 4.79 Å². The van der Waals surface area contributed by atoms with E-state index in [1.165, 1.54) is 0 Å². The quantitative estimate of drug-likeness (QED) is 0.830. The van der Waals surface area contributed by atoms with E-state index in [9.17, 15) is 4.79 Å². The lowest BCUT2D eigenvalue weighted by Gasteiger charge is -2.31. The van der Waals surface area contributed by atoms with E-state index in [0.717, 1.165) is 0 Å². The molecule has 0 aliphatic carbocycles. The normalized spacial score (nSPS) is 23.3. The molecule has 2 unspecified atom stereocenters. The minimum Gasteiger partial charge on any atom is -0.482 e. The number of nitrogens with one attached hydrogen (secondary N) is 1. The summed E-state index contributed by atoms with van der Waals surface area (Å²) in [6.07, 6.45) is -1.64. The Bertz CT molecular complexity index is 433. The molecule has 0 saturated heterocycles. The molecule has 0 aromatic heterocycles. The van der Waals surface area contributed by atoms with Crippen molar-refractivity contribution in [2.75, 3.05) is 6.54 Å². The number of aliphatic hydroxyl groups is 1. The second-order valence-electron chi connectivity index (χ2n) is 4.40. The molecule has 2 N–H and O–H groups in total. The largest absolute Gasteiger partial charge is 0.482 e. The second kappa shape index (κ2) is 5.27. The second-order valence-corrected chi connectivity index (χ2v) is 4.40. The molecule has 1 aliphatic rings. The Labute approximate surface area is 106 Å². The molecule has 0 radical (unpaired) electrons. The highest BCUT2D eigenvalue weighted by Gasteiger charge is 2.33. The van der Waals surface area contributed by atoms with Crippen LogP contribution in [0.3, 0.4) is 0 Å². The van der Waals surface area contributed by atoms with Gasteiger partial charge in [-0.1, -0.05) is 12.1 Å². The minimum absolute atomic E-state index is 0.201. The zero-order chi connectivity index (χ0) is 13.1. The van der Waals surface area contributed by atoms with E-state index in [-0.39, 0.29) is 18.6 Å². The summed E-state index contributed by atoms with van der Waals surface area (Å²) in [6.45, 7) is 3.59. The first-order chi connectivity index (χ1) is 8.58. The Morgan fingerprint density at radius 1 is 1.39 bits per heavy atom. The number of hydrogen-bond acceptors (Lipinski definition) is 4. The van der Waals surface area contributed by atoms with Gasteiger partial charge in [0.15, 0.2) is 11.5 Å². The maximum atomic E-state index is 11.9. The van der Waals surface area contributed by atoms with E-state index in [2.05, 4.69) is 5.32 Å². The van der Waals surface area contributed by atoms with Crippen molar-refractivity contribution >= 4 is 5.91 Å². The van der Waals surface area contributed by atoms with Crippen LogP contribution in [0.25, 0.3) is 0 Å². The molecule has 1 amide bonds. The van der Waals surface area contributed by atoms with Crippen molar-refractivity contribution in [1.29, 1.82) is 0 Å². The van der Waals surface area contributed by atoms with Crippen molar-refractivity contribution in [3.05, 3.63) is 24.3 Å². The van der Waals surface area contributed by atoms with Gasteiger partial charge in [-0.05, 0) is 26.0 Å². The predicted molar refractivity (Wildman–Crippen MR) is 65.6 cm³/mol. The molecule has 0 saturated carbocycles. The monoisotopic (exact) mass is 251 g/mol. The molecule has 98 valence electrons. The molecule has 1 heterocycles. The van der Waals surface area contributed by atoms with E-state index < -0.39 is 12.2 Å². The first kappa shape index (κ1) is 12.7. The summed E-state index contributed by atoms with van der Waals surface area (Å²) in [5.74, 6) is 0.926. The van der Waals surface area contributed by atoms with E-state index in [0.29, 0.717) is 11.5 Å². The van der Waals surface area contributed by atoms with Crippen molar-refractivity contribution in [3.63, 3.8) is 0 Å². The summed E-state index contributed by atoms with van der Waals surface area (Å²) in [5, 5.41) is 11.8. The summed E-state index contributed by atoms with van der Waals surface area (Å²) in [5.41, 5.74) is 0. The SMILES string of the molecule is CC1Oc2ccccc2OC1C(=O)NC[C@@H](C)O. The van der Waals surface area contributed by atoms with Gasteiger partial charge in [-0.15, -0.1) is 0 Å². The van der Waals surface area contributed by atoms with E-state index in [4.69, 9.17) is 14.6 Å². The van der Waals surface area contributed by atoms with Gasteiger partial charge in [-0.2, -0.15) is 0 Å². The van der Waals surface area contributed by atoms with Crippen molar-refractivity contribution in [1.82, 2.24) is 5.32 Å². The molecule has 1 aromatic carbocycles. The molecule has 3 atom stereocenters. The number of carbonyl (C=O) groups is 1. The lowest BCUT2D eigenvalue weighted by atomic mass is 10.1. The van der Waals surface area contributed by atoms with Gasteiger partial charge in [0.1, 0.15) is 6.10 Å². The molecule has 0 spiro atoms. The summed E-state index contributed by atoms with van der Waals surface area (Å²) in [4.78, 5) is 11.9. The maximum Gasteiger partial charge on any atom is 0.265 e. The zero-order valence-corrected chi connectivity index (χ0v) is 10.4. The first-order valence-electron chi connectivity index (χ1n) is 5.96. The molecule has 18 heavy (non-hydrogen) atoms. The fraction of sp³-hybridized carbons (Fsp3) is 0.462. The number of fused-ring (bicyclic) bond motifs is 1. The van der Waals surface area contributed by atoms with E-state index in [1.54, 1.807) is 26.0 Å². The third-order valence-corrected chi connectivity index (χ3v) is 2.67. The molecule has 0 fully saturated rings. The minimum atomic E-state index is -0.696. The van der Waals surface area contributed by atoms with E-state index in [1.807, 2.05) is 12.1 Å². The average Bonchev–Trinajstić information content (AvgIpc) is 2.35. The number of ether oxygens (including phenoxy) is 2. The first-order valence-corrected chi connectivity index (χ1v) is 5.96. The Morgan fingerprint density at radius 3 is 2.61 bits per heavy atom. The van der Waals surface area contributed by atoms with Crippen molar-refractivity contribution in [3.8, 4) is 11.5 Å². The zero-order valence-electron chi connectivity index (χ0n) is 10.4. The Kier molecular flexibility index (Phi) is 3.72. The molecular weight excluding hydrogens is 234 g/mol. The van der Waals surface area contributed by atoms with Gasteiger partial charge in [-0.25, -0.2) is 0 Å². The van der Waals surface area contributed by atoms with Crippen LogP contribution in [-0.4, -0.2) is 35.9 Å². The molecule has 1 aliphatic heterocycles. The molecule has 5 nitrogen and oxygen atoms in total. The summed E-state index contributed by atoms with van der Waals surface area (Å²) in [7, 11) is 0. The number of benzene rings is 1. The van der Waals surface area contributed by atoms with Crippen LogP contribution in [0, 0.1) is 0 Å². The maximum absolute atomic E-state index is 11.9.